The summed E-state index contributed by atoms with van der Waals surface area (Å²) in [5, 5.41) is 0. The van der Waals surface area contributed by atoms with Gasteiger partial charge in [-0.05, 0) is 30.7 Å². The topological polar surface area (TPSA) is 29.3 Å². The third-order valence-corrected chi connectivity index (χ3v) is 2.27. The van der Waals surface area contributed by atoms with Crippen LogP contribution in [0.15, 0.2) is 18.2 Å². The van der Waals surface area contributed by atoms with Crippen LogP contribution < -0.4 is 10.6 Å². The normalized spacial score (nSPS) is 10.9. The lowest BCUT2D eigenvalue weighted by molar-refractivity contribution is 0.156. The molecule has 0 aliphatic heterocycles. The molecule has 0 heterocycles. The molecule has 1 rings (SSSR count). The standard InChI is InChI=1S/C11H15F3N2/c1-16(7-11(13)14)10-3-2-8(4-5-15)6-9(10)12/h2-3,6,11H,4-5,7,15H2,1H3. The predicted octanol–water partition coefficient (Wildman–Crippen LogP) is 2.03. The van der Waals surface area contributed by atoms with Crippen molar-refractivity contribution in [2.75, 3.05) is 25.0 Å². The molecule has 0 atom stereocenters. The van der Waals surface area contributed by atoms with E-state index in [0.717, 1.165) is 5.56 Å². The maximum absolute atomic E-state index is 13.5. The monoisotopic (exact) mass is 232 g/mol. The summed E-state index contributed by atoms with van der Waals surface area (Å²) in [7, 11) is 1.44. The third kappa shape index (κ3) is 3.41. The number of benzene rings is 1. The molecule has 1 aromatic rings. The second-order valence-corrected chi connectivity index (χ2v) is 3.60. The van der Waals surface area contributed by atoms with Gasteiger partial charge in [0.15, 0.2) is 0 Å². The van der Waals surface area contributed by atoms with Gasteiger partial charge in [-0.2, -0.15) is 0 Å². The van der Waals surface area contributed by atoms with E-state index in [9.17, 15) is 13.2 Å². The van der Waals surface area contributed by atoms with E-state index in [-0.39, 0.29) is 5.69 Å². The van der Waals surface area contributed by atoms with Crippen LogP contribution in [0.5, 0.6) is 0 Å². The molecule has 0 aliphatic carbocycles. The van der Waals surface area contributed by atoms with Gasteiger partial charge in [0, 0.05) is 7.05 Å². The number of rotatable bonds is 5. The van der Waals surface area contributed by atoms with Crippen molar-refractivity contribution in [3.05, 3.63) is 29.6 Å². The number of nitrogens with two attached hydrogens (primary N) is 1. The quantitative estimate of drug-likeness (QED) is 0.841. The van der Waals surface area contributed by atoms with Crippen molar-refractivity contribution in [1.29, 1.82) is 0 Å². The number of alkyl halides is 2. The Morgan fingerprint density at radius 3 is 2.56 bits per heavy atom. The molecular formula is C11H15F3N2. The summed E-state index contributed by atoms with van der Waals surface area (Å²) >= 11 is 0. The van der Waals surface area contributed by atoms with Crippen LogP contribution in [0.1, 0.15) is 5.56 Å². The van der Waals surface area contributed by atoms with E-state index in [4.69, 9.17) is 5.73 Å². The van der Waals surface area contributed by atoms with Gasteiger partial charge in [-0.25, -0.2) is 13.2 Å². The molecule has 90 valence electrons. The highest BCUT2D eigenvalue weighted by molar-refractivity contribution is 5.48. The predicted molar refractivity (Wildman–Crippen MR) is 58.4 cm³/mol. The van der Waals surface area contributed by atoms with Crippen LogP contribution in [-0.2, 0) is 6.42 Å². The average Bonchev–Trinajstić information content (AvgIpc) is 2.16. The minimum absolute atomic E-state index is 0.182. The first-order chi connectivity index (χ1) is 7.54. The third-order valence-electron chi connectivity index (χ3n) is 2.27. The van der Waals surface area contributed by atoms with Gasteiger partial charge in [-0.15, -0.1) is 0 Å². The molecule has 0 amide bonds. The van der Waals surface area contributed by atoms with Crippen molar-refractivity contribution in [2.45, 2.75) is 12.8 Å². The molecule has 0 saturated carbocycles. The Labute approximate surface area is 92.9 Å². The van der Waals surface area contributed by atoms with Gasteiger partial charge in [0.2, 0.25) is 0 Å². The van der Waals surface area contributed by atoms with E-state index in [0.29, 0.717) is 13.0 Å². The van der Waals surface area contributed by atoms with Crippen LogP contribution in [-0.4, -0.2) is 26.6 Å². The molecule has 0 spiro atoms. The van der Waals surface area contributed by atoms with Crippen molar-refractivity contribution in [1.82, 2.24) is 0 Å². The fourth-order valence-corrected chi connectivity index (χ4v) is 1.49. The van der Waals surface area contributed by atoms with Crippen molar-refractivity contribution >= 4 is 5.69 Å². The zero-order valence-corrected chi connectivity index (χ0v) is 9.09. The first-order valence-electron chi connectivity index (χ1n) is 5.02. The first kappa shape index (κ1) is 12.8. The number of hydrogen-bond donors (Lipinski definition) is 1. The Kier molecular flexibility index (Phi) is 4.61. The second kappa shape index (κ2) is 5.75. The lowest BCUT2D eigenvalue weighted by atomic mass is 10.1. The Hall–Kier alpha value is -1.23. The van der Waals surface area contributed by atoms with Crippen LogP contribution in [0.25, 0.3) is 0 Å². The fraction of sp³-hybridized carbons (Fsp3) is 0.455. The molecule has 16 heavy (non-hydrogen) atoms. The van der Waals surface area contributed by atoms with E-state index in [1.165, 1.54) is 24.1 Å². The van der Waals surface area contributed by atoms with Crippen LogP contribution in [0.2, 0.25) is 0 Å². The summed E-state index contributed by atoms with van der Waals surface area (Å²) in [6, 6.07) is 4.54. The summed E-state index contributed by atoms with van der Waals surface area (Å²) in [6.07, 6.45) is -1.90. The molecule has 0 radical (unpaired) electrons. The van der Waals surface area contributed by atoms with Crippen LogP contribution in [0, 0.1) is 5.82 Å². The van der Waals surface area contributed by atoms with Gasteiger partial charge >= 0.3 is 0 Å². The number of nitrogens with zero attached hydrogens (tertiary/aromatic N) is 1. The zero-order valence-electron chi connectivity index (χ0n) is 9.09. The van der Waals surface area contributed by atoms with Crippen LogP contribution >= 0.6 is 0 Å². The maximum Gasteiger partial charge on any atom is 0.255 e. The molecule has 1 aromatic carbocycles. The number of anilines is 1. The Balaban J connectivity index is 2.81. The smallest absolute Gasteiger partial charge is 0.255 e. The molecular weight excluding hydrogens is 217 g/mol. The molecule has 0 bridgehead atoms. The number of halogens is 3. The maximum atomic E-state index is 13.5. The van der Waals surface area contributed by atoms with Crippen molar-refractivity contribution in [2.24, 2.45) is 5.73 Å². The van der Waals surface area contributed by atoms with Gasteiger partial charge in [0.25, 0.3) is 6.43 Å². The van der Waals surface area contributed by atoms with E-state index in [1.54, 1.807) is 6.07 Å². The molecule has 0 unspecified atom stereocenters. The molecule has 0 aromatic heterocycles. The molecule has 5 heteroatoms. The summed E-state index contributed by atoms with van der Waals surface area (Å²) in [5.41, 5.74) is 6.30. The highest BCUT2D eigenvalue weighted by atomic mass is 19.3. The Morgan fingerprint density at radius 2 is 2.06 bits per heavy atom. The minimum Gasteiger partial charge on any atom is -0.367 e. The van der Waals surface area contributed by atoms with Gasteiger partial charge in [0.05, 0.1) is 12.2 Å². The van der Waals surface area contributed by atoms with E-state index < -0.39 is 18.8 Å². The summed E-state index contributed by atoms with van der Waals surface area (Å²) in [5.74, 6) is -0.492. The highest BCUT2D eigenvalue weighted by Crippen LogP contribution is 2.20. The van der Waals surface area contributed by atoms with Gasteiger partial charge in [-0.1, -0.05) is 6.07 Å². The summed E-state index contributed by atoms with van der Waals surface area (Å²) in [6.45, 7) is -0.0428. The number of hydrogen-bond acceptors (Lipinski definition) is 2. The van der Waals surface area contributed by atoms with E-state index in [2.05, 4.69) is 0 Å². The SMILES string of the molecule is CN(CC(F)F)c1ccc(CCN)cc1F. The van der Waals surface area contributed by atoms with E-state index >= 15 is 0 Å². The molecule has 2 N–H and O–H groups in total. The Bertz CT molecular complexity index is 342. The Morgan fingerprint density at radius 1 is 1.38 bits per heavy atom. The largest absolute Gasteiger partial charge is 0.367 e. The fourth-order valence-electron chi connectivity index (χ4n) is 1.49. The van der Waals surface area contributed by atoms with Gasteiger partial charge in [0.1, 0.15) is 5.82 Å². The van der Waals surface area contributed by atoms with Gasteiger partial charge < -0.3 is 10.6 Å². The van der Waals surface area contributed by atoms with Crippen molar-refractivity contribution < 1.29 is 13.2 Å². The lowest BCUT2D eigenvalue weighted by Gasteiger charge is -2.19. The molecule has 0 aliphatic rings. The summed E-state index contributed by atoms with van der Waals surface area (Å²) < 4.78 is 37.8. The first-order valence-corrected chi connectivity index (χ1v) is 5.02. The van der Waals surface area contributed by atoms with Crippen molar-refractivity contribution in [3.8, 4) is 0 Å². The lowest BCUT2D eigenvalue weighted by Crippen LogP contribution is -2.24. The van der Waals surface area contributed by atoms with Crippen LogP contribution in [0.4, 0.5) is 18.9 Å². The summed E-state index contributed by atoms with van der Waals surface area (Å²) in [4.78, 5) is 1.20. The second-order valence-electron chi connectivity index (χ2n) is 3.60. The van der Waals surface area contributed by atoms with E-state index in [1.807, 2.05) is 0 Å². The van der Waals surface area contributed by atoms with Gasteiger partial charge in [-0.3, -0.25) is 0 Å². The average molecular weight is 232 g/mol. The minimum atomic E-state index is -2.48. The zero-order chi connectivity index (χ0) is 12.1. The van der Waals surface area contributed by atoms with Crippen LogP contribution in [0.3, 0.4) is 0 Å². The van der Waals surface area contributed by atoms with Crippen molar-refractivity contribution in [3.63, 3.8) is 0 Å². The molecule has 0 saturated heterocycles. The molecule has 2 nitrogen and oxygen atoms in total. The molecule has 0 fully saturated rings. The highest BCUT2D eigenvalue weighted by Gasteiger charge is 2.12.